The fourth-order valence-electron chi connectivity index (χ4n) is 9.85. The summed E-state index contributed by atoms with van der Waals surface area (Å²) in [6.45, 7) is 0. The zero-order valence-electron chi connectivity index (χ0n) is 42.5. The van der Waals surface area contributed by atoms with Crippen molar-refractivity contribution in [3.05, 3.63) is 371 Å². The van der Waals surface area contributed by atoms with Gasteiger partial charge >= 0.3 is 0 Å². The summed E-state index contributed by atoms with van der Waals surface area (Å²) in [5.74, 6) is 1.04. The molecular weight excluding hydrogens is 929 g/mol. The van der Waals surface area contributed by atoms with E-state index in [1.165, 1.54) is 67.6 Å². The SMILES string of the molecule is C1=CCC(C(c2ccccc2)c2ccc(C(C3=CC=CC3)c3ccccc3)[nH]2)=C1.O=Cc1ccccc1.c1cc[nH]c1.c1ccc(C(c2ccc[nH]2)c2ccc[nH]2)cc1.c1ccc(C(c2ccc[nH]2)c2ccc[nH]2)cc1. The Morgan fingerprint density at radius 1 is 0.316 bits per heavy atom. The molecule has 0 spiro atoms. The van der Waals surface area contributed by atoms with E-state index in [9.17, 15) is 4.79 Å². The molecule has 0 radical (unpaired) electrons. The Kier molecular flexibility index (Phi) is 18.5. The summed E-state index contributed by atoms with van der Waals surface area (Å²) in [5.41, 5.74) is 16.3. The molecule has 6 N–H and O–H groups in total. The number of H-pyrrole nitrogens is 6. The number of aldehydes is 1. The van der Waals surface area contributed by atoms with Gasteiger partial charge in [-0.05, 0) is 108 Å². The minimum absolute atomic E-state index is 0.251. The van der Waals surface area contributed by atoms with Crippen LogP contribution in [0.3, 0.4) is 0 Å². The van der Waals surface area contributed by atoms with Crippen molar-refractivity contribution in [2.45, 2.75) is 36.5 Å². The molecule has 5 aromatic carbocycles. The van der Waals surface area contributed by atoms with E-state index in [0.29, 0.717) is 0 Å². The fourth-order valence-corrected chi connectivity index (χ4v) is 9.85. The van der Waals surface area contributed by atoms with E-state index in [1.54, 1.807) is 12.1 Å². The molecule has 0 aliphatic heterocycles. The zero-order chi connectivity index (χ0) is 51.8. The van der Waals surface area contributed by atoms with Crippen molar-refractivity contribution >= 4 is 6.29 Å². The van der Waals surface area contributed by atoms with Crippen molar-refractivity contribution < 1.29 is 4.79 Å². The van der Waals surface area contributed by atoms with Gasteiger partial charge in [-0.2, -0.15) is 0 Å². The number of carbonyl (C=O) groups is 1. The third-order valence-electron chi connectivity index (χ3n) is 13.4. The van der Waals surface area contributed by atoms with E-state index in [4.69, 9.17) is 0 Å². The average molecular weight is 993 g/mol. The van der Waals surface area contributed by atoms with E-state index >= 15 is 0 Å². The van der Waals surface area contributed by atoms with Gasteiger partial charge in [-0.25, -0.2) is 0 Å². The Morgan fingerprint density at radius 3 is 0.895 bits per heavy atom. The Bertz CT molecular complexity index is 3120. The van der Waals surface area contributed by atoms with Gasteiger partial charge in [-0.15, -0.1) is 0 Å². The average Bonchev–Trinajstić information content (AvgIpc) is 4.34. The summed E-state index contributed by atoms with van der Waals surface area (Å²) in [4.78, 5) is 29.9. The maximum absolute atomic E-state index is 10.0. The zero-order valence-corrected chi connectivity index (χ0v) is 42.5. The van der Waals surface area contributed by atoms with Crippen LogP contribution in [-0.4, -0.2) is 36.2 Å². The molecule has 0 saturated carbocycles. The number of hydrogen-bond acceptors (Lipinski definition) is 1. The first-order valence-electron chi connectivity index (χ1n) is 25.9. The second-order valence-electron chi connectivity index (χ2n) is 18.4. The molecule has 6 heterocycles. The fraction of sp³-hybridized carbons (Fsp3) is 0.0870. The smallest absolute Gasteiger partial charge is 0.150 e. The molecule has 76 heavy (non-hydrogen) atoms. The molecule has 0 amide bonds. The van der Waals surface area contributed by atoms with Crippen LogP contribution in [0.4, 0.5) is 0 Å². The van der Waals surface area contributed by atoms with E-state index in [-0.39, 0.29) is 23.7 Å². The Balaban J connectivity index is 0.000000129. The Labute approximate surface area is 446 Å². The number of allylic oxidation sites excluding steroid dienone is 8. The number of carbonyl (C=O) groups excluding carboxylic acids is 1. The summed E-state index contributed by atoms with van der Waals surface area (Å²) in [6.07, 6.45) is 27.9. The third-order valence-corrected chi connectivity index (χ3v) is 13.4. The van der Waals surface area contributed by atoms with Crippen LogP contribution in [-0.2, 0) is 0 Å². The topological polar surface area (TPSA) is 112 Å². The molecule has 0 fully saturated rings. The van der Waals surface area contributed by atoms with E-state index in [1.807, 2.05) is 104 Å². The molecule has 0 saturated heterocycles. The molecule has 2 aliphatic carbocycles. The lowest BCUT2D eigenvalue weighted by atomic mass is 9.87. The second-order valence-corrected chi connectivity index (χ2v) is 18.4. The monoisotopic (exact) mass is 993 g/mol. The molecule has 0 bridgehead atoms. The largest absolute Gasteiger partial charge is 0.368 e. The van der Waals surface area contributed by atoms with Gasteiger partial charge in [0.2, 0.25) is 0 Å². The predicted molar refractivity (Wildman–Crippen MR) is 312 cm³/mol. The first-order valence-corrected chi connectivity index (χ1v) is 25.9. The van der Waals surface area contributed by atoms with Crippen molar-refractivity contribution in [3.8, 4) is 0 Å². The van der Waals surface area contributed by atoms with Crippen LogP contribution in [0.5, 0.6) is 0 Å². The van der Waals surface area contributed by atoms with Crippen LogP contribution in [0.1, 0.15) is 103 Å². The first-order chi connectivity index (χ1) is 37.7. The van der Waals surface area contributed by atoms with Gasteiger partial charge in [-0.1, -0.05) is 199 Å². The number of nitrogens with one attached hydrogen (secondary N) is 6. The van der Waals surface area contributed by atoms with Crippen molar-refractivity contribution in [1.29, 1.82) is 0 Å². The highest BCUT2D eigenvalue weighted by Gasteiger charge is 2.25. The van der Waals surface area contributed by atoms with Gasteiger partial charge in [0.05, 0.1) is 11.8 Å². The molecular formula is C69H64N6O. The van der Waals surface area contributed by atoms with Gasteiger partial charge in [0.15, 0.2) is 0 Å². The summed E-state index contributed by atoms with van der Waals surface area (Å²) >= 11 is 0. The lowest BCUT2D eigenvalue weighted by Crippen LogP contribution is -2.07. The number of aromatic nitrogens is 6. The highest BCUT2D eigenvalue weighted by molar-refractivity contribution is 5.74. The standard InChI is InChI=1S/C28H25N.2C15H14N2.C7H6O.C4H5N/c1-3-11-21(12-4-1)27(23-15-7-8-16-23)25-19-20-26(29-25)28(24-17-9-10-18-24)22-13-5-2-6-14-22;2*1-2-6-12(7-3-1)15(13-8-4-10-16-13)14-9-5-11-17-14;8-6-7-4-2-1-3-5-7;1-2-4-5-3-1/h1-15,17,19-20,27-29H,16,18H2;2*1-11,15-17H;1-6H;1-5H. The number of benzene rings is 5. The summed E-state index contributed by atoms with van der Waals surface area (Å²) < 4.78 is 0. The lowest BCUT2D eigenvalue weighted by Gasteiger charge is -2.20. The molecule has 2 unspecified atom stereocenters. The normalized spacial score (nSPS) is 12.9. The molecule has 11 aromatic rings. The van der Waals surface area contributed by atoms with Crippen LogP contribution in [0, 0.1) is 0 Å². The van der Waals surface area contributed by atoms with Crippen LogP contribution in [0.25, 0.3) is 0 Å². The molecule has 2 atom stereocenters. The number of hydrogen-bond donors (Lipinski definition) is 6. The van der Waals surface area contributed by atoms with Crippen LogP contribution < -0.4 is 0 Å². The van der Waals surface area contributed by atoms with Gasteiger partial charge in [-0.3, -0.25) is 4.79 Å². The van der Waals surface area contributed by atoms with E-state index < -0.39 is 0 Å². The van der Waals surface area contributed by atoms with Crippen LogP contribution in [0.2, 0.25) is 0 Å². The number of rotatable bonds is 13. The Morgan fingerprint density at radius 2 is 0.645 bits per heavy atom. The predicted octanol–water partition coefficient (Wildman–Crippen LogP) is 16.6. The number of aromatic amines is 6. The molecule has 6 aromatic heterocycles. The highest BCUT2D eigenvalue weighted by atomic mass is 16.1. The van der Waals surface area contributed by atoms with Crippen molar-refractivity contribution in [3.63, 3.8) is 0 Å². The molecule has 7 nitrogen and oxygen atoms in total. The maximum atomic E-state index is 10.0. The van der Waals surface area contributed by atoms with Crippen molar-refractivity contribution in [1.82, 2.24) is 29.9 Å². The van der Waals surface area contributed by atoms with Crippen LogP contribution in [0.15, 0.2) is 309 Å². The van der Waals surface area contributed by atoms with Crippen LogP contribution >= 0.6 is 0 Å². The minimum atomic E-state index is 0.251. The third kappa shape index (κ3) is 13.9. The molecule has 376 valence electrons. The van der Waals surface area contributed by atoms with E-state index in [0.717, 1.165) is 24.7 Å². The minimum Gasteiger partial charge on any atom is -0.368 e. The lowest BCUT2D eigenvalue weighted by molar-refractivity contribution is 0.112. The maximum Gasteiger partial charge on any atom is 0.150 e. The second kappa shape index (κ2) is 27.5. The van der Waals surface area contributed by atoms with Gasteiger partial charge in [0.25, 0.3) is 0 Å². The van der Waals surface area contributed by atoms with E-state index in [2.05, 4.69) is 212 Å². The molecule has 2 aliphatic rings. The highest BCUT2D eigenvalue weighted by Crippen LogP contribution is 2.40. The van der Waals surface area contributed by atoms with Crippen molar-refractivity contribution in [2.75, 3.05) is 0 Å². The Hall–Kier alpha value is -9.59. The van der Waals surface area contributed by atoms with Gasteiger partial charge in [0.1, 0.15) is 6.29 Å². The summed E-state index contributed by atoms with van der Waals surface area (Å²) in [6, 6.07) is 76.9. The first kappa shape index (κ1) is 51.3. The molecule has 13 rings (SSSR count). The quantitative estimate of drug-likeness (QED) is 0.0635. The molecule has 7 heteroatoms. The summed E-state index contributed by atoms with van der Waals surface area (Å²) in [7, 11) is 0. The van der Waals surface area contributed by atoms with Gasteiger partial charge < -0.3 is 29.9 Å². The summed E-state index contributed by atoms with van der Waals surface area (Å²) in [5, 5.41) is 0. The van der Waals surface area contributed by atoms with Gasteiger partial charge in [0, 0.05) is 88.7 Å². The van der Waals surface area contributed by atoms with Crippen molar-refractivity contribution in [2.24, 2.45) is 0 Å².